The minimum Gasteiger partial charge on any atom is -0.396 e. The lowest BCUT2D eigenvalue weighted by molar-refractivity contribution is 0.223. The van der Waals surface area contributed by atoms with E-state index in [2.05, 4.69) is 15.4 Å². The highest BCUT2D eigenvalue weighted by molar-refractivity contribution is 5.16. The Morgan fingerprint density at radius 3 is 2.56 bits per heavy atom. The summed E-state index contributed by atoms with van der Waals surface area (Å²) in [4.78, 5) is 1.39. The molecule has 18 heavy (non-hydrogen) atoms. The minimum absolute atomic E-state index is 0.0136. The summed E-state index contributed by atoms with van der Waals surface area (Å²) in [5, 5.41) is 21.1. The summed E-state index contributed by atoms with van der Waals surface area (Å²) >= 11 is 0. The third-order valence-electron chi connectivity index (χ3n) is 2.72. The van der Waals surface area contributed by atoms with E-state index in [0.717, 1.165) is 5.56 Å². The molecule has 0 amide bonds. The number of aliphatic hydroxyl groups is 1. The predicted octanol–water partition coefficient (Wildman–Crippen LogP) is 0.743. The molecular formula is C12H15FN4O. The van der Waals surface area contributed by atoms with Gasteiger partial charge in [0.2, 0.25) is 0 Å². The Morgan fingerprint density at radius 1 is 1.28 bits per heavy atom. The maximum Gasteiger partial charge on any atom is 0.175 e. The summed E-state index contributed by atoms with van der Waals surface area (Å²) in [6, 6.07) is 6.29. The number of hydrogen-bond donors (Lipinski definition) is 1. The van der Waals surface area contributed by atoms with Gasteiger partial charge in [-0.15, -0.1) is 10.2 Å². The fourth-order valence-electron chi connectivity index (χ4n) is 1.82. The van der Waals surface area contributed by atoms with Crippen LogP contribution in [0.1, 0.15) is 11.4 Å². The topological polar surface area (TPSA) is 63.8 Å². The molecule has 1 N–H and O–H groups in total. The van der Waals surface area contributed by atoms with E-state index in [1.807, 2.05) is 0 Å². The Labute approximate surface area is 104 Å². The van der Waals surface area contributed by atoms with Gasteiger partial charge in [-0.3, -0.25) is 0 Å². The standard InChI is InChI=1S/C12H15FN4O/c1-17-15-12(14-16-17)7-10(8-18)6-9-2-4-11(13)5-3-9/h2-5,10,18H,6-8H2,1H3. The molecule has 0 aliphatic carbocycles. The first kappa shape index (κ1) is 12.6. The van der Waals surface area contributed by atoms with Gasteiger partial charge in [-0.25, -0.2) is 4.39 Å². The van der Waals surface area contributed by atoms with Crippen LogP contribution in [0.3, 0.4) is 0 Å². The summed E-state index contributed by atoms with van der Waals surface area (Å²) in [6.07, 6.45) is 1.22. The highest BCUT2D eigenvalue weighted by Gasteiger charge is 2.13. The Kier molecular flexibility index (Phi) is 3.99. The third-order valence-corrected chi connectivity index (χ3v) is 2.72. The molecule has 0 spiro atoms. The summed E-state index contributed by atoms with van der Waals surface area (Å²) in [5.41, 5.74) is 0.986. The van der Waals surface area contributed by atoms with Gasteiger partial charge in [0.15, 0.2) is 5.82 Å². The molecule has 0 bridgehead atoms. The second kappa shape index (κ2) is 5.68. The summed E-state index contributed by atoms with van der Waals surface area (Å²) in [7, 11) is 1.70. The van der Waals surface area contributed by atoms with Gasteiger partial charge in [-0.05, 0) is 35.2 Å². The SMILES string of the molecule is Cn1nnc(CC(CO)Cc2ccc(F)cc2)n1. The van der Waals surface area contributed by atoms with Crippen molar-refractivity contribution in [1.29, 1.82) is 0 Å². The molecule has 1 aromatic heterocycles. The van der Waals surface area contributed by atoms with Gasteiger partial charge < -0.3 is 5.11 Å². The molecular weight excluding hydrogens is 235 g/mol. The molecule has 96 valence electrons. The molecule has 0 aliphatic heterocycles. The zero-order valence-corrected chi connectivity index (χ0v) is 10.1. The largest absolute Gasteiger partial charge is 0.396 e. The number of aliphatic hydroxyl groups excluding tert-OH is 1. The molecule has 1 atom stereocenters. The van der Waals surface area contributed by atoms with Crippen LogP contribution in [0.2, 0.25) is 0 Å². The Hall–Kier alpha value is -1.82. The van der Waals surface area contributed by atoms with Crippen LogP contribution < -0.4 is 0 Å². The molecule has 2 aromatic rings. The first-order valence-electron chi connectivity index (χ1n) is 5.75. The third kappa shape index (κ3) is 3.33. The quantitative estimate of drug-likeness (QED) is 0.850. The fourth-order valence-corrected chi connectivity index (χ4v) is 1.82. The van der Waals surface area contributed by atoms with Crippen molar-refractivity contribution in [2.24, 2.45) is 13.0 Å². The van der Waals surface area contributed by atoms with E-state index >= 15 is 0 Å². The number of rotatable bonds is 5. The van der Waals surface area contributed by atoms with Crippen LogP contribution in [-0.2, 0) is 19.9 Å². The molecule has 0 fully saturated rings. The van der Waals surface area contributed by atoms with Crippen LogP contribution in [0, 0.1) is 11.7 Å². The van der Waals surface area contributed by atoms with E-state index in [1.165, 1.54) is 16.9 Å². The zero-order valence-electron chi connectivity index (χ0n) is 10.1. The van der Waals surface area contributed by atoms with Crippen molar-refractivity contribution in [3.05, 3.63) is 41.5 Å². The number of tetrazole rings is 1. The van der Waals surface area contributed by atoms with Crippen molar-refractivity contribution in [3.8, 4) is 0 Å². The van der Waals surface area contributed by atoms with E-state index in [9.17, 15) is 9.50 Å². The van der Waals surface area contributed by atoms with Crippen molar-refractivity contribution in [1.82, 2.24) is 20.2 Å². The number of hydrogen-bond acceptors (Lipinski definition) is 4. The van der Waals surface area contributed by atoms with E-state index in [4.69, 9.17) is 0 Å². The average Bonchev–Trinajstić information content (AvgIpc) is 2.77. The number of aromatic nitrogens is 4. The number of halogens is 1. The molecule has 0 radical (unpaired) electrons. The highest BCUT2D eigenvalue weighted by Crippen LogP contribution is 2.12. The normalized spacial score (nSPS) is 12.6. The maximum atomic E-state index is 12.8. The van der Waals surface area contributed by atoms with Crippen LogP contribution in [0.15, 0.2) is 24.3 Å². The van der Waals surface area contributed by atoms with Crippen LogP contribution in [-0.4, -0.2) is 31.9 Å². The smallest absolute Gasteiger partial charge is 0.175 e. The molecule has 2 rings (SSSR count). The van der Waals surface area contributed by atoms with Crippen LogP contribution in [0.5, 0.6) is 0 Å². The molecule has 0 saturated heterocycles. The van der Waals surface area contributed by atoms with Gasteiger partial charge in [0.25, 0.3) is 0 Å². The number of nitrogens with zero attached hydrogens (tertiary/aromatic N) is 4. The van der Waals surface area contributed by atoms with Gasteiger partial charge in [-0.2, -0.15) is 4.80 Å². The average molecular weight is 250 g/mol. The minimum atomic E-state index is -0.255. The van der Waals surface area contributed by atoms with Gasteiger partial charge in [0.1, 0.15) is 5.82 Å². The number of benzene rings is 1. The maximum absolute atomic E-state index is 12.8. The fraction of sp³-hybridized carbons (Fsp3) is 0.417. The molecule has 6 heteroatoms. The predicted molar refractivity (Wildman–Crippen MR) is 63.2 cm³/mol. The Morgan fingerprint density at radius 2 is 2.00 bits per heavy atom. The Bertz CT molecular complexity index is 497. The van der Waals surface area contributed by atoms with Gasteiger partial charge in [0.05, 0.1) is 7.05 Å². The Balaban J connectivity index is 1.99. The van der Waals surface area contributed by atoms with E-state index < -0.39 is 0 Å². The van der Waals surface area contributed by atoms with Crippen molar-refractivity contribution in [2.45, 2.75) is 12.8 Å². The lowest BCUT2D eigenvalue weighted by Gasteiger charge is -2.11. The van der Waals surface area contributed by atoms with Gasteiger partial charge in [0, 0.05) is 13.0 Å². The highest BCUT2D eigenvalue weighted by atomic mass is 19.1. The first-order chi connectivity index (χ1) is 8.67. The van der Waals surface area contributed by atoms with Crippen molar-refractivity contribution in [3.63, 3.8) is 0 Å². The second-order valence-corrected chi connectivity index (χ2v) is 4.28. The second-order valence-electron chi connectivity index (χ2n) is 4.28. The van der Waals surface area contributed by atoms with Gasteiger partial charge >= 0.3 is 0 Å². The monoisotopic (exact) mass is 250 g/mol. The van der Waals surface area contributed by atoms with Crippen molar-refractivity contribution < 1.29 is 9.50 Å². The van der Waals surface area contributed by atoms with E-state index in [0.29, 0.717) is 18.7 Å². The van der Waals surface area contributed by atoms with Crippen LogP contribution in [0.25, 0.3) is 0 Å². The van der Waals surface area contributed by atoms with Crippen LogP contribution >= 0.6 is 0 Å². The molecule has 1 aromatic carbocycles. The first-order valence-corrected chi connectivity index (χ1v) is 5.75. The lowest BCUT2D eigenvalue weighted by Crippen LogP contribution is -2.14. The lowest BCUT2D eigenvalue weighted by atomic mass is 9.97. The molecule has 1 unspecified atom stereocenters. The molecule has 1 heterocycles. The van der Waals surface area contributed by atoms with Crippen molar-refractivity contribution in [2.75, 3.05) is 6.61 Å². The summed E-state index contributed by atoms with van der Waals surface area (Å²) < 4.78 is 12.8. The van der Waals surface area contributed by atoms with Crippen molar-refractivity contribution >= 4 is 0 Å². The zero-order chi connectivity index (χ0) is 13.0. The molecule has 0 aliphatic rings. The summed E-state index contributed by atoms with van der Waals surface area (Å²) in [6.45, 7) is 0.0373. The van der Waals surface area contributed by atoms with Crippen LogP contribution in [0.4, 0.5) is 4.39 Å². The number of aryl methyl sites for hydroxylation is 1. The molecule has 5 nitrogen and oxygen atoms in total. The summed E-state index contributed by atoms with van der Waals surface area (Å²) in [5.74, 6) is 0.369. The van der Waals surface area contributed by atoms with Gasteiger partial charge in [-0.1, -0.05) is 12.1 Å². The van der Waals surface area contributed by atoms with E-state index in [1.54, 1.807) is 19.2 Å². The van der Waals surface area contributed by atoms with E-state index in [-0.39, 0.29) is 18.3 Å². The molecule has 0 saturated carbocycles.